The second kappa shape index (κ2) is 11.2. The normalized spacial score (nSPS) is 24.8. The minimum atomic E-state index is -0.480. The van der Waals surface area contributed by atoms with Crippen LogP contribution >= 0.6 is 0 Å². The second-order valence-corrected chi connectivity index (χ2v) is 10.6. The lowest BCUT2D eigenvalue weighted by molar-refractivity contribution is -0.182. The van der Waals surface area contributed by atoms with E-state index in [0.717, 1.165) is 37.6 Å². The van der Waals surface area contributed by atoms with Crippen LogP contribution in [0, 0.1) is 17.3 Å². The molecule has 3 aliphatic rings. The van der Waals surface area contributed by atoms with Crippen molar-refractivity contribution in [3.8, 4) is 11.5 Å². The predicted octanol–water partition coefficient (Wildman–Crippen LogP) is 3.39. The quantitative estimate of drug-likeness (QED) is 0.601. The Morgan fingerprint density at radius 1 is 1.14 bits per heavy atom. The zero-order valence-corrected chi connectivity index (χ0v) is 21.5. The molecule has 0 unspecified atom stereocenters. The van der Waals surface area contributed by atoms with Gasteiger partial charge in [0.2, 0.25) is 13.1 Å². The van der Waals surface area contributed by atoms with Crippen molar-refractivity contribution >= 4 is 5.91 Å². The first kappa shape index (κ1) is 25.8. The fourth-order valence-corrected chi connectivity index (χ4v) is 5.25. The van der Waals surface area contributed by atoms with E-state index < -0.39 is 6.29 Å². The van der Waals surface area contributed by atoms with Gasteiger partial charge in [0.15, 0.2) is 17.3 Å². The van der Waals surface area contributed by atoms with Gasteiger partial charge >= 0.3 is 0 Å². The van der Waals surface area contributed by atoms with Crippen molar-refractivity contribution in [1.82, 2.24) is 9.80 Å². The van der Waals surface area contributed by atoms with Crippen molar-refractivity contribution in [2.75, 3.05) is 46.2 Å². The summed E-state index contributed by atoms with van der Waals surface area (Å²) in [6.07, 6.45) is 3.01. The molecule has 35 heavy (non-hydrogen) atoms. The Balaban J connectivity index is 1.40. The molecule has 1 amide bonds. The van der Waals surface area contributed by atoms with Gasteiger partial charge in [-0.3, -0.25) is 9.69 Å². The van der Waals surface area contributed by atoms with Gasteiger partial charge in [0, 0.05) is 51.9 Å². The molecule has 0 saturated carbocycles. The van der Waals surface area contributed by atoms with Crippen LogP contribution in [-0.2, 0) is 20.8 Å². The zero-order chi connectivity index (χ0) is 25.0. The third-order valence-electron chi connectivity index (χ3n) is 7.12. The van der Waals surface area contributed by atoms with Crippen molar-refractivity contribution in [1.29, 1.82) is 0 Å². The number of hydrogen-bond acceptors (Lipinski definition) is 7. The lowest BCUT2D eigenvalue weighted by Crippen LogP contribution is -2.50. The summed E-state index contributed by atoms with van der Waals surface area (Å²) >= 11 is 0. The van der Waals surface area contributed by atoms with E-state index in [1.54, 1.807) is 0 Å². The first-order valence-corrected chi connectivity index (χ1v) is 12.8. The van der Waals surface area contributed by atoms with Crippen molar-refractivity contribution in [2.45, 2.75) is 53.4 Å². The smallest absolute Gasteiger partial charge is 0.288 e. The number of carbonyl (C=O) groups is 1. The second-order valence-electron chi connectivity index (χ2n) is 10.6. The largest absolute Gasteiger partial charge is 0.459 e. The highest BCUT2D eigenvalue weighted by Crippen LogP contribution is 2.43. The minimum Gasteiger partial charge on any atom is -0.459 e. The van der Waals surface area contributed by atoms with Crippen molar-refractivity contribution in [3.63, 3.8) is 0 Å². The molecule has 3 atom stereocenters. The number of carbonyl (C=O) groups excluding carboxylic acids is 1. The Hall–Kier alpha value is -2.29. The number of ether oxygens (including phenoxy) is 4. The summed E-state index contributed by atoms with van der Waals surface area (Å²) in [6.45, 7) is 13.1. The summed E-state index contributed by atoms with van der Waals surface area (Å²) in [7, 11) is 0. The number of amides is 1. The van der Waals surface area contributed by atoms with Gasteiger partial charge < -0.3 is 29.0 Å². The molecule has 1 fully saturated rings. The van der Waals surface area contributed by atoms with E-state index in [1.165, 1.54) is 5.56 Å². The molecule has 8 nitrogen and oxygen atoms in total. The van der Waals surface area contributed by atoms with E-state index in [1.807, 2.05) is 30.0 Å². The molecule has 0 spiro atoms. The summed E-state index contributed by atoms with van der Waals surface area (Å²) in [5.74, 6) is 2.14. The summed E-state index contributed by atoms with van der Waals surface area (Å²) in [5.41, 5.74) is 1.11. The highest BCUT2D eigenvalue weighted by Gasteiger charge is 2.43. The number of fused-ring (bicyclic) bond motifs is 1. The van der Waals surface area contributed by atoms with E-state index >= 15 is 0 Å². The molecule has 1 aromatic carbocycles. The molecule has 1 saturated heterocycles. The van der Waals surface area contributed by atoms with Gasteiger partial charge in [-0.25, -0.2) is 0 Å². The van der Waals surface area contributed by atoms with E-state index in [0.29, 0.717) is 31.9 Å². The SMILES string of the molecule is CCO[C@@H]1OC(C(=O)N2CCN(Cc3ccc4c(c3)OCO4)CC2)=C[C@H](C(C)(C)C)[C@H]1CCCO. The van der Waals surface area contributed by atoms with Crippen molar-refractivity contribution < 1.29 is 28.8 Å². The topological polar surface area (TPSA) is 80.7 Å². The van der Waals surface area contributed by atoms with Gasteiger partial charge in [-0.05, 0) is 54.9 Å². The molecular formula is C27H40N2O6. The van der Waals surface area contributed by atoms with E-state index in [9.17, 15) is 9.90 Å². The number of rotatable bonds is 8. The van der Waals surface area contributed by atoms with Gasteiger partial charge in [-0.2, -0.15) is 0 Å². The molecular weight excluding hydrogens is 448 g/mol. The third-order valence-corrected chi connectivity index (χ3v) is 7.12. The van der Waals surface area contributed by atoms with Crippen LogP contribution in [0.1, 0.15) is 46.1 Å². The Kier molecular flexibility index (Phi) is 8.24. The van der Waals surface area contributed by atoms with Crippen LogP contribution in [0.5, 0.6) is 11.5 Å². The fourth-order valence-electron chi connectivity index (χ4n) is 5.25. The fraction of sp³-hybridized carbons (Fsp3) is 0.667. The lowest BCUT2D eigenvalue weighted by atomic mass is 9.70. The van der Waals surface area contributed by atoms with E-state index in [-0.39, 0.29) is 36.6 Å². The number of nitrogens with zero attached hydrogens (tertiary/aromatic N) is 2. The molecule has 0 aromatic heterocycles. The maximum Gasteiger partial charge on any atom is 0.288 e. The van der Waals surface area contributed by atoms with Crippen LogP contribution in [-0.4, -0.2) is 73.3 Å². The number of allylic oxidation sites excluding steroid dienone is 1. The van der Waals surface area contributed by atoms with Gasteiger partial charge in [0.1, 0.15) is 0 Å². The van der Waals surface area contributed by atoms with E-state index in [4.69, 9.17) is 18.9 Å². The summed E-state index contributed by atoms with van der Waals surface area (Å²) in [4.78, 5) is 17.7. The van der Waals surface area contributed by atoms with Crippen molar-refractivity contribution in [2.24, 2.45) is 17.3 Å². The van der Waals surface area contributed by atoms with Gasteiger partial charge in [0.25, 0.3) is 5.91 Å². The number of benzene rings is 1. The first-order valence-electron chi connectivity index (χ1n) is 12.8. The Bertz CT molecular complexity index is 903. The molecule has 1 N–H and O–H groups in total. The molecule has 0 radical (unpaired) electrons. The highest BCUT2D eigenvalue weighted by molar-refractivity contribution is 5.91. The highest BCUT2D eigenvalue weighted by atomic mass is 16.7. The van der Waals surface area contributed by atoms with Crippen LogP contribution in [0.3, 0.4) is 0 Å². The van der Waals surface area contributed by atoms with Gasteiger partial charge in [-0.1, -0.05) is 26.8 Å². The molecule has 3 heterocycles. The molecule has 1 aromatic rings. The van der Waals surface area contributed by atoms with E-state index in [2.05, 4.69) is 31.7 Å². The summed E-state index contributed by atoms with van der Waals surface area (Å²) in [6, 6.07) is 6.06. The van der Waals surface area contributed by atoms with Gasteiger partial charge in [-0.15, -0.1) is 0 Å². The summed E-state index contributed by atoms with van der Waals surface area (Å²) in [5, 5.41) is 9.39. The molecule has 0 bridgehead atoms. The average Bonchev–Trinajstić information content (AvgIpc) is 3.30. The predicted molar refractivity (Wildman–Crippen MR) is 132 cm³/mol. The van der Waals surface area contributed by atoms with Crippen LogP contribution in [0.4, 0.5) is 0 Å². The van der Waals surface area contributed by atoms with Crippen LogP contribution < -0.4 is 9.47 Å². The van der Waals surface area contributed by atoms with Crippen LogP contribution in [0.15, 0.2) is 30.0 Å². The third kappa shape index (κ3) is 6.11. The number of piperazine rings is 1. The standard InChI is InChI=1S/C27H40N2O6/c1-5-32-26-20(7-6-14-30)21(27(2,3)4)16-24(35-26)25(31)29-12-10-28(11-13-29)17-19-8-9-22-23(15-19)34-18-33-22/h8-9,15-16,20-21,26,30H,5-7,10-14,17-18H2,1-4H3/t20-,21+,26-/m1/s1. The van der Waals surface area contributed by atoms with Crippen molar-refractivity contribution in [3.05, 3.63) is 35.6 Å². The molecule has 4 rings (SSSR count). The number of aliphatic hydroxyl groups excluding tert-OH is 1. The molecule has 8 heteroatoms. The monoisotopic (exact) mass is 488 g/mol. The molecule has 3 aliphatic heterocycles. The van der Waals surface area contributed by atoms with Gasteiger partial charge in [0.05, 0.1) is 0 Å². The maximum absolute atomic E-state index is 13.5. The Labute approximate surface area is 208 Å². The maximum atomic E-state index is 13.5. The Morgan fingerprint density at radius 2 is 1.89 bits per heavy atom. The molecule has 194 valence electrons. The van der Waals surface area contributed by atoms with Crippen LogP contribution in [0.25, 0.3) is 0 Å². The average molecular weight is 489 g/mol. The minimum absolute atomic E-state index is 0.0614. The zero-order valence-electron chi connectivity index (χ0n) is 21.5. The van der Waals surface area contributed by atoms with Crippen LogP contribution in [0.2, 0.25) is 0 Å². The summed E-state index contributed by atoms with van der Waals surface area (Å²) < 4.78 is 23.0. The number of aliphatic hydroxyl groups is 1. The lowest BCUT2D eigenvalue weighted by Gasteiger charge is -2.43. The molecule has 0 aliphatic carbocycles. The number of hydrogen-bond donors (Lipinski definition) is 1. The first-order chi connectivity index (χ1) is 16.8. The Morgan fingerprint density at radius 3 is 2.57 bits per heavy atom.